The Morgan fingerprint density at radius 3 is 1.94 bits per heavy atom. The van der Waals surface area contributed by atoms with Crippen LogP contribution in [-0.2, 0) is 21.9 Å². The minimum Gasteiger partial charge on any atom is -0.507 e. The van der Waals surface area contributed by atoms with Gasteiger partial charge in [-0.15, -0.1) is 0 Å². The van der Waals surface area contributed by atoms with Crippen LogP contribution in [0, 0.1) is 0 Å². The summed E-state index contributed by atoms with van der Waals surface area (Å²) in [7, 11) is 0. The van der Waals surface area contributed by atoms with Gasteiger partial charge in [0.1, 0.15) is 23.1 Å². The first-order valence-electron chi connectivity index (χ1n) is 9.51. The third-order valence-electron chi connectivity index (χ3n) is 4.34. The highest BCUT2D eigenvalue weighted by molar-refractivity contribution is 8.14. The Balaban J connectivity index is 2.25. The first-order chi connectivity index (χ1) is 16.5. The Morgan fingerprint density at radius 2 is 1.47 bits per heavy atom. The van der Waals surface area contributed by atoms with Gasteiger partial charge in [-0.1, -0.05) is 11.8 Å². The highest BCUT2D eigenvalue weighted by atomic mass is 32.2. The number of amides is 1. The number of carboxylic acid groups (broad SMARTS) is 1. The summed E-state index contributed by atoms with van der Waals surface area (Å²) < 4.78 is 81.9. The highest BCUT2D eigenvalue weighted by Gasteiger charge is 2.34. The van der Waals surface area contributed by atoms with Crippen molar-refractivity contribution in [2.45, 2.75) is 25.3 Å². The van der Waals surface area contributed by atoms with E-state index in [0.29, 0.717) is 30.3 Å². The van der Waals surface area contributed by atoms with Gasteiger partial charge in [0.15, 0.2) is 0 Å². The Morgan fingerprint density at radius 1 is 0.944 bits per heavy atom. The molecule has 0 saturated carbocycles. The molecule has 2 rings (SSSR count). The van der Waals surface area contributed by atoms with E-state index in [4.69, 9.17) is 9.84 Å². The molecule has 8 nitrogen and oxygen atoms in total. The molecule has 15 heteroatoms. The lowest BCUT2D eigenvalue weighted by atomic mass is 10.1. The number of aromatic carboxylic acids is 1. The van der Waals surface area contributed by atoms with Crippen molar-refractivity contribution in [3.05, 3.63) is 58.7 Å². The van der Waals surface area contributed by atoms with Crippen molar-refractivity contribution in [2.75, 3.05) is 5.75 Å². The largest absolute Gasteiger partial charge is 0.507 e. The van der Waals surface area contributed by atoms with Crippen molar-refractivity contribution >= 4 is 34.7 Å². The topological polar surface area (TPSA) is 130 Å². The number of rotatable bonds is 7. The molecule has 1 amide bonds. The summed E-state index contributed by atoms with van der Waals surface area (Å²) >= 11 is 0.272. The number of hydrogen-bond acceptors (Lipinski definition) is 7. The van der Waals surface area contributed by atoms with Gasteiger partial charge in [-0.2, -0.15) is 26.3 Å². The van der Waals surface area contributed by atoms with E-state index in [-0.39, 0.29) is 17.8 Å². The second kappa shape index (κ2) is 10.9. The molecule has 194 valence electrons. The number of nitrogens with one attached hydrogen (secondary N) is 1. The number of hydrogen-bond donors (Lipinski definition) is 3. The van der Waals surface area contributed by atoms with Crippen molar-refractivity contribution in [3.8, 4) is 11.5 Å². The van der Waals surface area contributed by atoms with Crippen LogP contribution in [0.3, 0.4) is 0 Å². The lowest BCUT2D eigenvalue weighted by molar-refractivity contribution is -0.140. The number of carbonyl (C=O) groups excluding carboxylic acids is 3. The Kier molecular flexibility index (Phi) is 8.62. The molecule has 0 spiro atoms. The summed E-state index contributed by atoms with van der Waals surface area (Å²) in [6.07, 6.45) is -9.69. The molecule has 2 aromatic carbocycles. The van der Waals surface area contributed by atoms with Gasteiger partial charge < -0.3 is 20.3 Å². The van der Waals surface area contributed by atoms with Gasteiger partial charge in [0, 0.05) is 12.7 Å². The summed E-state index contributed by atoms with van der Waals surface area (Å²) in [6.45, 7) is 0.960. The van der Waals surface area contributed by atoms with Crippen LogP contribution in [0.4, 0.5) is 26.3 Å². The van der Waals surface area contributed by atoms with Crippen LogP contribution in [0.5, 0.6) is 11.5 Å². The molecule has 36 heavy (non-hydrogen) atoms. The zero-order valence-electron chi connectivity index (χ0n) is 17.9. The van der Waals surface area contributed by atoms with E-state index < -0.39 is 80.9 Å². The number of carbonyl (C=O) groups is 4. The van der Waals surface area contributed by atoms with Gasteiger partial charge >= 0.3 is 24.3 Å². The average Bonchev–Trinajstić information content (AvgIpc) is 2.74. The number of phenols is 1. The maximum Gasteiger partial charge on any atom is 0.416 e. The number of aromatic hydroxyl groups is 1. The standard InChI is InChI=1S/C21H15F6NO7S/c1-9(29)28-14(8-36-19(34)12-4-2-10(6-15(12)30)20(22,23)24)18(33)35-16-7-11(21(25,26)27)3-5-13(16)17(31)32/h2-7,14,30H,8H2,1H3,(H,28,29)(H,31,32)/t14-/m0/s1. The number of halogens is 6. The zero-order valence-corrected chi connectivity index (χ0v) is 18.7. The van der Waals surface area contributed by atoms with Crippen LogP contribution < -0.4 is 10.1 Å². The van der Waals surface area contributed by atoms with Gasteiger partial charge in [-0.25, -0.2) is 9.59 Å². The summed E-state index contributed by atoms with van der Waals surface area (Å²) in [6, 6.07) is 1.14. The zero-order chi connectivity index (χ0) is 27.4. The van der Waals surface area contributed by atoms with E-state index in [1.54, 1.807) is 0 Å². The van der Waals surface area contributed by atoms with E-state index >= 15 is 0 Å². The van der Waals surface area contributed by atoms with Crippen LogP contribution in [0.25, 0.3) is 0 Å². The van der Waals surface area contributed by atoms with Crippen LogP contribution >= 0.6 is 11.8 Å². The summed E-state index contributed by atoms with van der Waals surface area (Å²) in [5.41, 5.74) is -3.89. The second-order valence-corrected chi connectivity index (χ2v) is 8.01. The quantitative estimate of drug-likeness (QED) is 0.272. The molecule has 0 aliphatic rings. The van der Waals surface area contributed by atoms with Crippen molar-refractivity contribution in [1.29, 1.82) is 0 Å². The van der Waals surface area contributed by atoms with E-state index in [2.05, 4.69) is 5.32 Å². The van der Waals surface area contributed by atoms with Crippen LogP contribution in [0.15, 0.2) is 36.4 Å². The number of thioether (sulfide) groups is 1. The van der Waals surface area contributed by atoms with Gasteiger partial charge in [-0.3, -0.25) is 9.59 Å². The van der Waals surface area contributed by atoms with E-state index in [1.807, 2.05) is 0 Å². The fraction of sp³-hybridized carbons (Fsp3) is 0.238. The molecular weight excluding hydrogens is 524 g/mol. The molecule has 0 aliphatic heterocycles. The number of alkyl halides is 6. The summed E-state index contributed by atoms with van der Waals surface area (Å²) in [5, 5.41) is 20.0. The van der Waals surface area contributed by atoms with Gasteiger partial charge in [0.2, 0.25) is 11.0 Å². The molecule has 2 aromatic rings. The molecule has 0 unspecified atom stereocenters. The molecule has 0 aromatic heterocycles. The predicted octanol–water partition coefficient (Wildman–Crippen LogP) is 4.11. The molecule has 0 fully saturated rings. The number of ether oxygens (including phenoxy) is 1. The molecule has 0 aliphatic carbocycles. The van der Waals surface area contributed by atoms with Gasteiger partial charge in [0.05, 0.1) is 16.7 Å². The molecule has 1 atom stereocenters. The fourth-order valence-corrected chi connectivity index (χ4v) is 3.54. The Labute approximate surface area is 202 Å². The first kappa shape index (κ1) is 28.5. The van der Waals surface area contributed by atoms with E-state index in [1.165, 1.54) is 0 Å². The average molecular weight is 539 g/mol. The number of esters is 1. The SMILES string of the molecule is CC(=O)N[C@@H](CSC(=O)c1ccc(C(F)(F)F)cc1O)C(=O)Oc1cc(C(F)(F)F)ccc1C(=O)O. The predicted molar refractivity (Wildman–Crippen MR) is 112 cm³/mol. The van der Waals surface area contributed by atoms with Crippen LogP contribution in [0.1, 0.15) is 38.8 Å². The smallest absolute Gasteiger partial charge is 0.416 e. The lowest BCUT2D eigenvalue weighted by Crippen LogP contribution is -2.44. The third kappa shape index (κ3) is 7.37. The number of phenolic OH excluding ortho intramolecular Hbond substituents is 1. The Bertz CT molecular complexity index is 1200. The molecule has 3 N–H and O–H groups in total. The molecular formula is C21H15F6NO7S. The summed E-state index contributed by atoms with van der Waals surface area (Å²) in [4.78, 5) is 47.7. The monoisotopic (exact) mass is 539 g/mol. The first-order valence-corrected chi connectivity index (χ1v) is 10.5. The maximum absolute atomic E-state index is 13.0. The second-order valence-electron chi connectivity index (χ2n) is 7.02. The molecule has 0 saturated heterocycles. The van der Waals surface area contributed by atoms with Gasteiger partial charge in [-0.05, 0) is 36.4 Å². The fourth-order valence-electron chi connectivity index (χ4n) is 2.67. The van der Waals surface area contributed by atoms with Crippen LogP contribution in [0.2, 0.25) is 0 Å². The van der Waals surface area contributed by atoms with Crippen molar-refractivity contribution in [3.63, 3.8) is 0 Å². The van der Waals surface area contributed by atoms with E-state index in [9.17, 15) is 50.6 Å². The van der Waals surface area contributed by atoms with Crippen molar-refractivity contribution in [1.82, 2.24) is 5.32 Å². The third-order valence-corrected chi connectivity index (χ3v) is 5.32. The van der Waals surface area contributed by atoms with E-state index in [0.717, 1.165) is 6.92 Å². The maximum atomic E-state index is 13.0. The minimum absolute atomic E-state index is 0.269. The lowest BCUT2D eigenvalue weighted by Gasteiger charge is -2.18. The normalized spacial score (nSPS) is 12.5. The van der Waals surface area contributed by atoms with Crippen molar-refractivity contribution < 1.29 is 60.5 Å². The molecule has 0 heterocycles. The van der Waals surface area contributed by atoms with Crippen LogP contribution in [-0.4, -0.2) is 45.0 Å². The summed E-state index contributed by atoms with van der Waals surface area (Å²) in [5.74, 6) is -6.58. The number of benzene rings is 2. The minimum atomic E-state index is -4.90. The highest BCUT2D eigenvalue weighted by Crippen LogP contribution is 2.35. The Hall–Kier alpha value is -3.75. The molecule has 0 bridgehead atoms. The number of carboxylic acids is 1. The van der Waals surface area contributed by atoms with Crippen molar-refractivity contribution in [2.24, 2.45) is 0 Å². The van der Waals surface area contributed by atoms with Gasteiger partial charge in [0.25, 0.3) is 0 Å². The molecule has 0 radical (unpaired) electrons.